The van der Waals surface area contributed by atoms with E-state index < -0.39 is 24.8 Å². The Balaban J connectivity index is 2.10. The van der Waals surface area contributed by atoms with Crippen molar-refractivity contribution in [1.82, 2.24) is 4.90 Å². The third kappa shape index (κ3) is 7.65. The van der Waals surface area contributed by atoms with Crippen LogP contribution < -0.4 is 14.2 Å². The van der Waals surface area contributed by atoms with E-state index in [9.17, 15) is 27.2 Å². The summed E-state index contributed by atoms with van der Waals surface area (Å²) in [5.41, 5.74) is 0.342. The first kappa shape index (κ1) is 23.7. The number of ether oxygens (including phenoxy) is 3. The molecule has 166 valence electrons. The average molecular weight is 441 g/mol. The van der Waals surface area contributed by atoms with E-state index in [2.05, 4.69) is 9.47 Å². The smallest absolute Gasteiger partial charge is 0.387 e. The molecular formula is C21H19F4NO5. The van der Waals surface area contributed by atoms with Crippen LogP contribution in [0.4, 0.5) is 17.6 Å². The molecule has 0 saturated heterocycles. The van der Waals surface area contributed by atoms with Crippen molar-refractivity contribution in [2.24, 2.45) is 0 Å². The number of carbonyl (C=O) groups is 2. The predicted molar refractivity (Wildman–Crippen MR) is 104 cm³/mol. The van der Waals surface area contributed by atoms with Crippen molar-refractivity contribution in [3.63, 3.8) is 0 Å². The third-order valence-electron chi connectivity index (χ3n) is 3.84. The third-order valence-corrected chi connectivity index (χ3v) is 3.84. The molecule has 0 unspecified atom stereocenters. The molecule has 2 rings (SSSR count). The molecule has 0 fully saturated rings. The Bertz CT molecular complexity index is 930. The molecular weight excluding hydrogens is 422 g/mol. The van der Waals surface area contributed by atoms with Gasteiger partial charge in [-0.1, -0.05) is 0 Å². The lowest BCUT2D eigenvalue weighted by atomic mass is 10.1. The number of hydrogen-bond donors (Lipinski definition) is 0. The maximum atomic E-state index is 12.6. The van der Waals surface area contributed by atoms with E-state index in [0.29, 0.717) is 5.75 Å². The molecule has 0 saturated carbocycles. The summed E-state index contributed by atoms with van der Waals surface area (Å²) in [5.74, 6) is -1.08. The van der Waals surface area contributed by atoms with E-state index in [4.69, 9.17) is 4.74 Å². The van der Waals surface area contributed by atoms with E-state index in [0.717, 1.165) is 18.2 Å². The molecule has 0 radical (unpaired) electrons. The highest BCUT2D eigenvalue weighted by molar-refractivity contribution is 6.07. The number of ketones is 1. The molecule has 0 spiro atoms. The van der Waals surface area contributed by atoms with Crippen LogP contribution >= 0.6 is 0 Å². The number of carbonyl (C=O) groups excluding carboxylic acids is 2. The molecule has 0 bridgehead atoms. The van der Waals surface area contributed by atoms with Gasteiger partial charge in [0.2, 0.25) is 0 Å². The Hall–Kier alpha value is -3.56. The summed E-state index contributed by atoms with van der Waals surface area (Å²) < 4.78 is 63.6. The van der Waals surface area contributed by atoms with Gasteiger partial charge in [0.05, 0.1) is 0 Å². The molecule has 0 aliphatic carbocycles. The molecule has 0 heterocycles. The van der Waals surface area contributed by atoms with E-state index in [1.807, 2.05) is 0 Å². The summed E-state index contributed by atoms with van der Waals surface area (Å²) in [7, 11) is 3.19. The minimum atomic E-state index is -3.20. The minimum absolute atomic E-state index is 0.0671. The number of allylic oxidation sites excluding steroid dienone is 1. The molecule has 0 aliphatic rings. The van der Waals surface area contributed by atoms with Gasteiger partial charge in [0.25, 0.3) is 5.91 Å². The fourth-order valence-corrected chi connectivity index (χ4v) is 2.28. The number of halogens is 4. The second-order valence-electron chi connectivity index (χ2n) is 6.26. The summed E-state index contributed by atoms with van der Waals surface area (Å²) in [6.45, 7) is -6.48. The number of rotatable bonds is 10. The average Bonchev–Trinajstić information content (AvgIpc) is 2.70. The summed E-state index contributed by atoms with van der Waals surface area (Å²) in [4.78, 5) is 25.2. The van der Waals surface area contributed by atoms with Gasteiger partial charge in [0, 0.05) is 31.3 Å². The second kappa shape index (κ2) is 11.0. The Morgan fingerprint density at radius 2 is 1.55 bits per heavy atom. The van der Waals surface area contributed by atoms with Gasteiger partial charge in [0.15, 0.2) is 12.4 Å². The maximum Gasteiger partial charge on any atom is 0.387 e. The Morgan fingerprint density at radius 3 is 2.13 bits per heavy atom. The van der Waals surface area contributed by atoms with E-state index in [1.165, 1.54) is 41.3 Å². The molecule has 1 amide bonds. The molecule has 10 heteroatoms. The van der Waals surface area contributed by atoms with Gasteiger partial charge in [-0.05, 0) is 48.6 Å². The van der Waals surface area contributed by atoms with Crippen LogP contribution in [-0.4, -0.2) is 50.5 Å². The monoisotopic (exact) mass is 441 g/mol. The van der Waals surface area contributed by atoms with Crippen molar-refractivity contribution >= 4 is 17.8 Å². The van der Waals surface area contributed by atoms with E-state index in [1.54, 1.807) is 14.1 Å². The summed E-state index contributed by atoms with van der Waals surface area (Å²) in [6.07, 6.45) is 2.33. The quantitative estimate of drug-likeness (QED) is 0.313. The van der Waals surface area contributed by atoms with Gasteiger partial charge < -0.3 is 19.1 Å². The largest absolute Gasteiger partial charge is 0.484 e. The first-order chi connectivity index (χ1) is 14.7. The highest BCUT2D eigenvalue weighted by atomic mass is 19.3. The Kier molecular flexibility index (Phi) is 8.42. The fourth-order valence-electron chi connectivity index (χ4n) is 2.28. The van der Waals surface area contributed by atoms with Crippen LogP contribution in [0.5, 0.6) is 17.2 Å². The van der Waals surface area contributed by atoms with Gasteiger partial charge in [-0.15, -0.1) is 0 Å². The number of hydrogen-bond acceptors (Lipinski definition) is 5. The molecule has 0 N–H and O–H groups in total. The van der Waals surface area contributed by atoms with Crippen LogP contribution in [-0.2, 0) is 4.79 Å². The predicted octanol–water partition coefficient (Wildman–Crippen LogP) is 4.25. The van der Waals surface area contributed by atoms with Crippen molar-refractivity contribution in [3.8, 4) is 17.2 Å². The first-order valence-electron chi connectivity index (χ1n) is 8.85. The van der Waals surface area contributed by atoms with E-state index >= 15 is 0 Å². The van der Waals surface area contributed by atoms with Gasteiger partial charge in [-0.2, -0.15) is 17.6 Å². The van der Waals surface area contributed by atoms with Crippen LogP contribution in [0.25, 0.3) is 6.08 Å². The number of likely N-dealkylation sites (N-methyl/N-ethyl adjacent to an activating group) is 1. The minimum Gasteiger partial charge on any atom is -0.484 e. The maximum absolute atomic E-state index is 12.6. The van der Waals surface area contributed by atoms with E-state index in [-0.39, 0.29) is 29.4 Å². The molecule has 31 heavy (non-hydrogen) atoms. The highest BCUT2D eigenvalue weighted by Gasteiger charge is 2.13. The number of alkyl halides is 4. The highest BCUT2D eigenvalue weighted by Crippen LogP contribution is 2.28. The standard InChI is InChI=1S/C21H19F4NO5/c1-26(2)19(28)12-29-15-7-3-13(4-8-15)17(27)10-6-14-5-9-16(30-20(22)23)11-18(14)31-21(24)25/h3-11,20-21H,12H2,1-2H3. The van der Waals surface area contributed by atoms with Crippen molar-refractivity contribution in [1.29, 1.82) is 0 Å². The number of nitrogens with zero attached hydrogens (tertiary/aromatic N) is 1. The first-order valence-corrected chi connectivity index (χ1v) is 8.85. The Labute approximate surface area is 175 Å². The van der Waals surface area contributed by atoms with Crippen molar-refractivity contribution in [3.05, 3.63) is 59.7 Å². The van der Waals surface area contributed by atoms with Gasteiger partial charge >= 0.3 is 13.2 Å². The van der Waals surface area contributed by atoms with Gasteiger partial charge in [-0.25, -0.2) is 0 Å². The summed E-state index contributed by atoms with van der Waals surface area (Å²) in [6, 6.07) is 9.17. The van der Waals surface area contributed by atoms with Crippen LogP contribution in [0.3, 0.4) is 0 Å². The molecule has 0 atom stereocenters. The normalized spacial score (nSPS) is 11.1. The van der Waals surface area contributed by atoms with Crippen LogP contribution in [0, 0.1) is 0 Å². The second-order valence-corrected chi connectivity index (χ2v) is 6.26. The Morgan fingerprint density at radius 1 is 0.935 bits per heavy atom. The van der Waals surface area contributed by atoms with Crippen LogP contribution in [0.15, 0.2) is 48.5 Å². The van der Waals surface area contributed by atoms with Crippen LogP contribution in [0.2, 0.25) is 0 Å². The lowest BCUT2D eigenvalue weighted by molar-refractivity contribution is -0.130. The zero-order valence-corrected chi connectivity index (χ0v) is 16.6. The van der Waals surface area contributed by atoms with Gasteiger partial charge in [-0.3, -0.25) is 9.59 Å². The number of amides is 1. The molecule has 6 nitrogen and oxygen atoms in total. The van der Waals surface area contributed by atoms with Crippen molar-refractivity contribution in [2.75, 3.05) is 20.7 Å². The topological polar surface area (TPSA) is 65.1 Å². The van der Waals surface area contributed by atoms with Crippen molar-refractivity contribution in [2.45, 2.75) is 13.2 Å². The lowest BCUT2D eigenvalue weighted by Crippen LogP contribution is -2.27. The molecule has 0 aliphatic heterocycles. The van der Waals surface area contributed by atoms with Gasteiger partial charge in [0.1, 0.15) is 17.2 Å². The SMILES string of the molecule is CN(C)C(=O)COc1ccc(C(=O)C=Cc2ccc(OC(F)F)cc2OC(F)F)cc1. The number of benzene rings is 2. The summed E-state index contributed by atoms with van der Waals surface area (Å²) >= 11 is 0. The molecule has 2 aromatic rings. The molecule has 0 aromatic heterocycles. The zero-order valence-electron chi connectivity index (χ0n) is 16.6. The molecule has 2 aromatic carbocycles. The fraction of sp³-hybridized carbons (Fsp3) is 0.238. The lowest BCUT2D eigenvalue weighted by Gasteiger charge is -2.11. The summed E-state index contributed by atoms with van der Waals surface area (Å²) in [5, 5.41) is 0. The van der Waals surface area contributed by atoms with Crippen LogP contribution in [0.1, 0.15) is 15.9 Å². The zero-order chi connectivity index (χ0) is 23.0. The van der Waals surface area contributed by atoms with Crippen molar-refractivity contribution < 1.29 is 41.4 Å².